The molecule has 0 aliphatic carbocycles. The van der Waals surface area contributed by atoms with Gasteiger partial charge in [-0.15, -0.1) is 0 Å². The highest BCUT2D eigenvalue weighted by molar-refractivity contribution is 5.98. The van der Waals surface area contributed by atoms with Crippen LogP contribution in [0.3, 0.4) is 0 Å². The van der Waals surface area contributed by atoms with Crippen molar-refractivity contribution >= 4 is 22.1 Å². The summed E-state index contributed by atoms with van der Waals surface area (Å²) in [6, 6.07) is 5.96. The molecule has 4 heteroatoms. The largest absolute Gasteiger partial charge is 0.397 e. The highest BCUT2D eigenvalue weighted by atomic mass is 16.5. The third-order valence-electron chi connectivity index (χ3n) is 3.26. The van der Waals surface area contributed by atoms with Gasteiger partial charge in [0.15, 0.2) is 0 Å². The molecule has 20 heavy (non-hydrogen) atoms. The smallest absolute Gasteiger partial charge is 0.0639 e. The van der Waals surface area contributed by atoms with Gasteiger partial charge in [-0.25, -0.2) is 0 Å². The number of nitrogens with two attached hydrogens (primary N) is 1. The number of aromatic nitrogens is 1. The Bertz CT molecular complexity index is 554. The number of rotatable bonds is 7. The van der Waals surface area contributed by atoms with Crippen molar-refractivity contribution in [3.05, 3.63) is 30.6 Å². The van der Waals surface area contributed by atoms with Gasteiger partial charge in [0.1, 0.15) is 0 Å². The Labute approximate surface area is 120 Å². The molecule has 0 unspecified atom stereocenters. The first kappa shape index (κ1) is 14.6. The molecule has 0 saturated carbocycles. The first-order valence-electron chi connectivity index (χ1n) is 7.12. The number of benzene rings is 1. The van der Waals surface area contributed by atoms with E-state index in [1.165, 1.54) is 0 Å². The Balaban J connectivity index is 1.86. The van der Waals surface area contributed by atoms with Crippen LogP contribution in [0.4, 0.5) is 11.4 Å². The Morgan fingerprint density at radius 3 is 2.90 bits per heavy atom. The Hall–Kier alpha value is -1.81. The first-order valence-corrected chi connectivity index (χ1v) is 7.12. The molecule has 0 aliphatic heterocycles. The Morgan fingerprint density at radius 1 is 1.25 bits per heavy atom. The molecule has 0 spiro atoms. The summed E-state index contributed by atoms with van der Waals surface area (Å²) in [5.74, 6) is 0.688. The predicted octanol–water partition coefficient (Wildman–Crippen LogP) is 3.29. The summed E-state index contributed by atoms with van der Waals surface area (Å²) in [5.41, 5.74) is 7.89. The summed E-state index contributed by atoms with van der Waals surface area (Å²) in [7, 11) is 0. The summed E-state index contributed by atoms with van der Waals surface area (Å²) >= 11 is 0. The van der Waals surface area contributed by atoms with Crippen LogP contribution in [0, 0.1) is 5.92 Å². The van der Waals surface area contributed by atoms with Crippen molar-refractivity contribution in [1.29, 1.82) is 0 Å². The number of nitrogens with zero attached hydrogens (tertiary/aromatic N) is 1. The molecule has 0 amide bonds. The van der Waals surface area contributed by atoms with Crippen LogP contribution in [0.5, 0.6) is 0 Å². The van der Waals surface area contributed by atoms with Crippen LogP contribution in [0.25, 0.3) is 10.8 Å². The van der Waals surface area contributed by atoms with E-state index >= 15 is 0 Å². The number of anilines is 2. The van der Waals surface area contributed by atoms with Crippen molar-refractivity contribution in [3.63, 3.8) is 0 Å². The zero-order valence-corrected chi connectivity index (χ0v) is 12.2. The average molecular weight is 273 g/mol. The fraction of sp³-hybridized carbons (Fsp3) is 0.438. The van der Waals surface area contributed by atoms with Crippen molar-refractivity contribution < 1.29 is 4.74 Å². The number of nitrogens with one attached hydrogen (secondary N) is 1. The summed E-state index contributed by atoms with van der Waals surface area (Å²) in [6.45, 7) is 6.68. The van der Waals surface area contributed by atoms with Gasteiger partial charge >= 0.3 is 0 Å². The minimum absolute atomic E-state index is 0.688. The molecule has 2 rings (SSSR count). The maximum absolute atomic E-state index is 6.17. The molecule has 0 radical (unpaired) electrons. The van der Waals surface area contributed by atoms with Gasteiger partial charge in [-0.1, -0.05) is 19.9 Å². The molecule has 1 aromatic heterocycles. The molecular weight excluding hydrogens is 250 g/mol. The molecule has 0 bridgehead atoms. The van der Waals surface area contributed by atoms with E-state index in [1.807, 2.05) is 24.4 Å². The number of fused-ring (bicyclic) bond motifs is 1. The van der Waals surface area contributed by atoms with Crippen molar-refractivity contribution in [2.45, 2.75) is 20.3 Å². The second kappa shape index (κ2) is 7.10. The number of ether oxygens (including phenoxy) is 1. The SMILES string of the molecule is CC(C)CCOCCNc1ccc2cnccc2c1N. The van der Waals surface area contributed by atoms with Crippen LogP contribution in [-0.2, 0) is 4.74 Å². The minimum atomic E-state index is 0.688. The highest BCUT2D eigenvalue weighted by Gasteiger charge is 2.03. The second-order valence-corrected chi connectivity index (χ2v) is 5.35. The van der Waals surface area contributed by atoms with Gasteiger partial charge in [0.2, 0.25) is 0 Å². The molecule has 3 N–H and O–H groups in total. The maximum Gasteiger partial charge on any atom is 0.0639 e. The number of nitrogen functional groups attached to an aromatic ring is 1. The lowest BCUT2D eigenvalue weighted by atomic mass is 10.1. The molecule has 0 saturated heterocycles. The van der Waals surface area contributed by atoms with Crippen LogP contribution >= 0.6 is 0 Å². The van der Waals surface area contributed by atoms with E-state index in [2.05, 4.69) is 24.1 Å². The number of hydrogen-bond acceptors (Lipinski definition) is 4. The standard InChI is InChI=1S/C16H23N3O/c1-12(2)6-9-20-10-8-19-15-4-3-13-11-18-7-5-14(13)16(15)17/h3-5,7,11-12,19H,6,8-10,17H2,1-2H3. The zero-order valence-electron chi connectivity index (χ0n) is 12.2. The van der Waals surface area contributed by atoms with E-state index in [-0.39, 0.29) is 0 Å². The van der Waals surface area contributed by atoms with Crippen LogP contribution in [0.15, 0.2) is 30.6 Å². The summed E-state index contributed by atoms with van der Waals surface area (Å²) < 4.78 is 5.58. The Kier molecular flexibility index (Phi) is 5.18. The molecule has 108 valence electrons. The molecule has 4 nitrogen and oxygen atoms in total. The lowest BCUT2D eigenvalue weighted by Gasteiger charge is -2.12. The van der Waals surface area contributed by atoms with Crippen LogP contribution in [-0.4, -0.2) is 24.7 Å². The summed E-state index contributed by atoms with van der Waals surface area (Å²) in [5, 5.41) is 5.41. The molecule has 2 aromatic rings. The van der Waals surface area contributed by atoms with Crippen LogP contribution in [0.1, 0.15) is 20.3 Å². The minimum Gasteiger partial charge on any atom is -0.397 e. The van der Waals surface area contributed by atoms with E-state index in [4.69, 9.17) is 10.5 Å². The van der Waals surface area contributed by atoms with Crippen molar-refractivity contribution in [2.75, 3.05) is 30.8 Å². The molecule has 1 heterocycles. The van der Waals surface area contributed by atoms with E-state index in [9.17, 15) is 0 Å². The maximum atomic E-state index is 6.17. The second-order valence-electron chi connectivity index (χ2n) is 5.35. The molecule has 1 aromatic carbocycles. The fourth-order valence-corrected chi connectivity index (χ4v) is 2.03. The van der Waals surface area contributed by atoms with Gasteiger partial charge in [-0.2, -0.15) is 0 Å². The third-order valence-corrected chi connectivity index (χ3v) is 3.26. The molecule has 0 atom stereocenters. The van der Waals surface area contributed by atoms with Gasteiger partial charge in [-0.3, -0.25) is 4.98 Å². The van der Waals surface area contributed by atoms with E-state index in [0.717, 1.165) is 41.7 Å². The van der Waals surface area contributed by atoms with Crippen LogP contribution in [0.2, 0.25) is 0 Å². The molecule has 0 fully saturated rings. The normalized spacial score (nSPS) is 11.2. The quantitative estimate of drug-likeness (QED) is 0.600. The van der Waals surface area contributed by atoms with E-state index in [0.29, 0.717) is 12.5 Å². The lowest BCUT2D eigenvalue weighted by Crippen LogP contribution is -2.12. The predicted molar refractivity (Wildman–Crippen MR) is 84.9 cm³/mol. The fourth-order valence-electron chi connectivity index (χ4n) is 2.03. The zero-order chi connectivity index (χ0) is 14.4. The third kappa shape index (κ3) is 3.84. The van der Waals surface area contributed by atoms with Gasteiger partial charge < -0.3 is 15.8 Å². The topological polar surface area (TPSA) is 60.2 Å². The molecular formula is C16H23N3O. The van der Waals surface area contributed by atoms with E-state index < -0.39 is 0 Å². The lowest BCUT2D eigenvalue weighted by molar-refractivity contribution is 0.133. The van der Waals surface area contributed by atoms with Gasteiger partial charge in [-0.05, 0) is 24.5 Å². The number of pyridine rings is 1. The van der Waals surface area contributed by atoms with Gasteiger partial charge in [0.05, 0.1) is 18.0 Å². The van der Waals surface area contributed by atoms with E-state index in [1.54, 1.807) is 6.20 Å². The van der Waals surface area contributed by atoms with Crippen molar-refractivity contribution in [1.82, 2.24) is 4.98 Å². The summed E-state index contributed by atoms with van der Waals surface area (Å²) in [6.07, 6.45) is 4.69. The number of hydrogen-bond donors (Lipinski definition) is 2. The van der Waals surface area contributed by atoms with Crippen molar-refractivity contribution in [2.24, 2.45) is 5.92 Å². The van der Waals surface area contributed by atoms with Crippen molar-refractivity contribution in [3.8, 4) is 0 Å². The van der Waals surface area contributed by atoms with Gasteiger partial charge in [0, 0.05) is 36.3 Å². The molecule has 0 aliphatic rings. The van der Waals surface area contributed by atoms with Crippen LogP contribution < -0.4 is 11.1 Å². The Morgan fingerprint density at radius 2 is 2.10 bits per heavy atom. The summed E-state index contributed by atoms with van der Waals surface area (Å²) in [4.78, 5) is 4.10. The van der Waals surface area contributed by atoms with Gasteiger partial charge in [0.25, 0.3) is 0 Å². The highest BCUT2D eigenvalue weighted by Crippen LogP contribution is 2.27. The monoisotopic (exact) mass is 273 g/mol. The first-order chi connectivity index (χ1) is 9.68. The average Bonchev–Trinajstić information content (AvgIpc) is 2.45.